The van der Waals surface area contributed by atoms with Crippen molar-refractivity contribution in [2.24, 2.45) is 7.05 Å². The Morgan fingerprint density at radius 1 is 0.947 bits per heavy atom. The normalized spacial score (nSPS) is 16.2. The summed E-state index contributed by atoms with van der Waals surface area (Å²) in [5, 5.41) is 20.9. The fourth-order valence-electron chi connectivity index (χ4n) is 3.52. The highest BCUT2D eigenvalue weighted by Crippen LogP contribution is 2.28. The second kappa shape index (κ2) is 12.6. The molecule has 2 N–H and O–H groups in total. The molecule has 38 heavy (non-hydrogen) atoms. The van der Waals surface area contributed by atoms with E-state index in [9.17, 15) is 31.1 Å². The molecule has 0 saturated carbocycles. The van der Waals surface area contributed by atoms with Crippen LogP contribution in [0.3, 0.4) is 0 Å². The number of carboxylic acid groups (broad SMARTS) is 2. The Morgan fingerprint density at radius 3 is 1.92 bits per heavy atom. The Labute approximate surface area is 216 Å². The predicted molar refractivity (Wildman–Crippen MR) is 121 cm³/mol. The summed E-state index contributed by atoms with van der Waals surface area (Å²) in [6, 6.07) is 4.26. The number of amides is 1. The molecule has 212 valence electrons. The number of piperazine rings is 1. The number of hydrogen-bond donors (Lipinski definition) is 2. The summed E-state index contributed by atoms with van der Waals surface area (Å²) in [5.74, 6) is -5.42. The van der Waals surface area contributed by atoms with E-state index < -0.39 is 24.3 Å². The van der Waals surface area contributed by atoms with Crippen LogP contribution >= 0.6 is 11.3 Å². The molecule has 4 rings (SSSR count). The average Bonchev–Trinajstić information content (AvgIpc) is 3.53. The molecule has 0 aliphatic carbocycles. The van der Waals surface area contributed by atoms with Crippen LogP contribution in [0.5, 0.6) is 0 Å². The molecule has 2 aliphatic heterocycles. The monoisotopic (exact) mass is 573 g/mol. The predicted octanol–water partition coefficient (Wildman–Crippen LogP) is 2.65. The Bertz CT molecular complexity index is 1090. The average molecular weight is 574 g/mol. The van der Waals surface area contributed by atoms with Crippen LogP contribution in [0.4, 0.5) is 26.3 Å². The summed E-state index contributed by atoms with van der Waals surface area (Å²) in [4.78, 5) is 38.7. The number of carbonyl (C=O) groups is 3. The van der Waals surface area contributed by atoms with E-state index in [1.54, 1.807) is 11.3 Å². The maximum Gasteiger partial charge on any atom is 0.490 e. The van der Waals surface area contributed by atoms with Crippen LogP contribution in [0.15, 0.2) is 17.5 Å². The van der Waals surface area contributed by atoms with Gasteiger partial charge in [-0.05, 0) is 18.5 Å². The smallest absolute Gasteiger partial charge is 0.475 e. The van der Waals surface area contributed by atoms with Crippen LogP contribution in [-0.4, -0.2) is 98.1 Å². The van der Waals surface area contributed by atoms with Crippen LogP contribution in [-0.2, 0) is 36.3 Å². The van der Waals surface area contributed by atoms with Gasteiger partial charge in [0.15, 0.2) is 5.69 Å². The molecule has 0 aromatic carbocycles. The molecule has 0 atom stereocenters. The fraction of sp³-hybridized carbons (Fsp3) is 0.524. The van der Waals surface area contributed by atoms with Crippen LogP contribution in [0.1, 0.15) is 26.6 Å². The van der Waals surface area contributed by atoms with Gasteiger partial charge in [-0.3, -0.25) is 14.4 Å². The summed E-state index contributed by atoms with van der Waals surface area (Å²) in [7, 11) is 4.05. The zero-order valence-electron chi connectivity index (χ0n) is 20.2. The van der Waals surface area contributed by atoms with Crippen LogP contribution < -0.4 is 0 Å². The highest BCUT2D eigenvalue weighted by molar-refractivity contribution is 7.09. The second-order valence-electron chi connectivity index (χ2n) is 8.32. The van der Waals surface area contributed by atoms with E-state index in [2.05, 4.69) is 39.5 Å². The Balaban J connectivity index is 0.000000301. The van der Waals surface area contributed by atoms with E-state index in [1.807, 2.05) is 16.6 Å². The van der Waals surface area contributed by atoms with Gasteiger partial charge < -0.3 is 20.0 Å². The molecule has 1 amide bonds. The van der Waals surface area contributed by atoms with Gasteiger partial charge in [0.05, 0.1) is 5.69 Å². The first kappa shape index (κ1) is 31.0. The molecule has 1 saturated heterocycles. The van der Waals surface area contributed by atoms with E-state index in [1.165, 1.54) is 10.6 Å². The van der Waals surface area contributed by atoms with Crippen molar-refractivity contribution in [1.29, 1.82) is 0 Å². The van der Waals surface area contributed by atoms with Gasteiger partial charge in [0, 0.05) is 63.3 Å². The minimum atomic E-state index is -5.08. The Morgan fingerprint density at radius 2 is 1.47 bits per heavy atom. The number of nitrogens with zero attached hydrogens (tertiary/aromatic N) is 5. The first-order valence-electron chi connectivity index (χ1n) is 10.9. The largest absolute Gasteiger partial charge is 0.490 e. The highest BCUT2D eigenvalue weighted by Gasteiger charge is 2.39. The highest BCUT2D eigenvalue weighted by atomic mass is 32.1. The number of aromatic nitrogens is 2. The van der Waals surface area contributed by atoms with E-state index in [0.29, 0.717) is 5.69 Å². The molecule has 17 heteroatoms. The van der Waals surface area contributed by atoms with Crippen molar-refractivity contribution in [3.05, 3.63) is 39.3 Å². The van der Waals surface area contributed by atoms with Crippen LogP contribution in [0.2, 0.25) is 0 Å². The number of likely N-dealkylation sites (N-methyl/N-ethyl adjacent to an activating group) is 1. The molecule has 2 aliphatic rings. The van der Waals surface area contributed by atoms with Gasteiger partial charge in [0.2, 0.25) is 0 Å². The van der Waals surface area contributed by atoms with Crippen molar-refractivity contribution in [3.8, 4) is 0 Å². The molecule has 0 spiro atoms. The molecular formula is C21H25F6N5O5S. The molecule has 2 aromatic heterocycles. The molecule has 0 unspecified atom stereocenters. The lowest BCUT2D eigenvalue weighted by Gasteiger charge is -2.32. The number of halogens is 6. The number of rotatable bonds is 3. The number of aliphatic carboxylic acids is 2. The van der Waals surface area contributed by atoms with Gasteiger partial charge >= 0.3 is 24.3 Å². The lowest BCUT2D eigenvalue weighted by Crippen LogP contribution is -2.47. The zero-order valence-corrected chi connectivity index (χ0v) is 21.0. The number of hydrogen-bond acceptors (Lipinski definition) is 7. The van der Waals surface area contributed by atoms with Crippen molar-refractivity contribution in [1.82, 2.24) is 24.5 Å². The summed E-state index contributed by atoms with van der Waals surface area (Å²) in [5.41, 5.74) is 2.97. The van der Waals surface area contributed by atoms with Gasteiger partial charge in [0.1, 0.15) is 0 Å². The molecule has 10 nitrogen and oxygen atoms in total. The third kappa shape index (κ3) is 8.70. The summed E-state index contributed by atoms with van der Waals surface area (Å²) >= 11 is 1.78. The number of carbonyl (C=O) groups excluding carboxylic acids is 1. The number of fused-ring (bicyclic) bond motifs is 1. The van der Waals surface area contributed by atoms with Crippen molar-refractivity contribution in [3.63, 3.8) is 0 Å². The van der Waals surface area contributed by atoms with E-state index in [-0.39, 0.29) is 5.91 Å². The lowest BCUT2D eigenvalue weighted by molar-refractivity contribution is -0.193. The second-order valence-corrected chi connectivity index (χ2v) is 9.36. The maximum absolute atomic E-state index is 12.9. The first-order chi connectivity index (χ1) is 17.5. The standard InChI is InChI=1S/C17H23N5OS.2C2HF3O2/c1-19-5-7-22(8-6-19)17(23)16-14-11-21(10-13-4-3-9-24-13)12-15(14)20(2)18-16;2*3-2(4,5)1(6)7/h3-4,9H,5-8,10-12H2,1-2H3;2*(H,6,7). The number of aryl methyl sites for hydroxylation is 1. The third-order valence-corrected chi connectivity index (χ3v) is 6.33. The van der Waals surface area contributed by atoms with Gasteiger partial charge in [-0.25, -0.2) is 9.59 Å². The van der Waals surface area contributed by atoms with Gasteiger partial charge in [-0.1, -0.05) is 6.07 Å². The molecule has 1 fully saturated rings. The SMILES string of the molecule is CN1CCN(C(=O)c2nn(C)c3c2CN(Cc2cccs2)C3)CC1.O=C(O)C(F)(F)F.O=C(O)C(F)(F)F. The first-order valence-corrected chi connectivity index (χ1v) is 11.8. The van der Waals surface area contributed by atoms with Gasteiger partial charge in [-0.2, -0.15) is 31.4 Å². The summed E-state index contributed by atoms with van der Waals surface area (Å²) in [6.45, 7) is 6.08. The van der Waals surface area contributed by atoms with E-state index in [4.69, 9.17) is 19.8 Å². The van der Waals surface area contributed by atoms with Gasteiger partial charge in [0.25, 0.3) is 5.91 Å². The number of thiophene rings is 1. The van der Waals surface area contributed by atoms with Crippen molar-refractivity contribution >= 4 is 29.2 Å². The minimum absolute atomic E-state index is 0.0953. The van der Waals surface area contributed by atoms with Crippen LogP contribution in [0.25, 0.3) is 0 Å². The minimum Gasteiger partial charge on any atom is -0.475 e. The third-order valence-electron chi connectivity index (χ3n) is 5.47. The van der Waals surface area contributed by atoms with Crippen molar-refractivity contribution in [2.45, 2.75) is 32.0 Å². The molecule has 0 radical (unpaired) electrons. The molecular weight excluding hydrogens is 548 g/mol. The summed E-state index contributed by atoms with van der Waals surface area (Å²) in [6.07, 6.45) is -10.2. The Hall–Kier alpha value is -3.18. The van der Waals surface area contributed by atoms with Crippen LogP contribution in [0, 0.1) is 0 Å². The van der Waals surface area contributed by atoms with Crippen molar-refractivity contribution < 1.29 is 50.9 Å². The zero-order chi connectivity index (χ0) is 28.8. The number of alkyl halides is 6. The Kier molecular flexibility index (Phi) is 10.3. The van der Waals surface area contributed by atoms with E-state index >= 15 is 0 Å². The number of carboxylic acids is 2. The quantitative estimate of drug-likeness (QED) is 0.539. The molecule has 4 heterocycles. The van der Waals surface area contributed by atoms with Crippen molar-refractivity contribution in [2.75, 3.05) is 33.2 Å². The maximum atomic E-state index is 12.9. The summed E-state index contributed by atoms with van der Waals surface area (Å²) < 4.78 is 65.4. The van der Waals surface area contributed by atoms with Gasteiger partial charge in [-0.15, -0.1) is 11.3 Å². The fourth-order valence-corrected chi connectivity index (χ4v) is 4.27. The topological polar surface area (TPSA) is 119 Å². The molecule has 0 bridgehead atoms. The van der Waals surface area contributed by atoms with E-state index in [0.717, 1.165) is 51.4 Å². The molecule has 2 aromatic rings. The lowest BCUT2D eigenvalue weighted by atomic mass is 10.2.